The number of aryl methyl sites for hydroxylation is 1. The topological polar surface area (TPSA) is 78.5 Å². The fourth-order valence-corrected chi connectivity index (χ4v) is 1.15. The molecule has 1 aromatic rings. The van der Waals surface area contributed by atoms with E-state index in [0.29, 0.717) is 0 Å². The van der Waals surface area contributed by atoms with Crippen molar-refractivity contribution in [2.45, 2.75) is 13.0 Å². The Hall–Kier alpha value is -1.26. The summed E-state index contributed by atoms with van der Waals surface area (Å²) in [5.41, 5.74) is 8.22. The second kappa shape index (κ2) is 4.83. The third kappa shape index (κ3) is 2.61. The highest BCUT2D eigenvalue weighted by atomic mass is 16.3. The first-order valence-corrected chi connectivity index (χ1v) is 4.51. The molecular weight excluding hydrogens is 180 g/mol. The Labute approximate surface area is 83.4 Å². The van der Waals surface area contributed by atoms with Gasteiger partial charge in [0.1, 0.15) is 0 Å². The zero-order valence-electron chi connectivity index (χ0n) is 8.20. The Morgan fingerprint density at radius 2 is 2.00 bits per heavy atom. The molecule has 0 radical (unpaired) electrons. The quantitative estimate of drug-likeness (QED) is 0.524. The van der Waals surface area contributed by atoms with E-state index in [9.17, 15) is 0 Å². The van der Waals surface area contributed by atoms with E-state index < -0.39 is 0 Å². The summed E-state index contributed by atoms with van der Waals surface area (Å²) in [6.07, 6.45) is 0. The van der Waals surface area contributed by atoms with Crippen LogP contribution in [0.5, 0.6) is 0 Å². The number of benzene rings is 1. The molecule has 0 saturated carbocycles. The predicted octanol–water partition coefficient (Wildman–Crippen LogP) is 0.342. The molecule has 4 heteroatoms. The molecule has 0 aliphatic carbocycles. The normalized spacial score (nSPS) is 10.6. The van der Waals surface area contributed by atoms with Gasteiger partial charge in [-0.1, -0.05) is 0 Å². The smallest absolute Gasteiger partial charge is 0.0723 e. The van der Waals surface area contributed by atoms with Gasteiger partial charge >= 0.3 is 0 Å². The van der Waals surface area contributed by atoms with Crippen molar-refractivity contribution in [1.82, 2.24) is 0 Å². The first kappa shape index (κ1) is 10.8. The van der Waals surface area contributed by atoms with Crippen molar-refractivity contribution in [3.63, 3.8) is 0 Å². The van der Waals surface area contributed by atoms with Crippen LogP contribution in [0.2, 0.25) is 0 Å². The Morgan fingerprint density at radius 3 is 2.50 bits per heavy atom. The Kier molecular flexibility index (Phi) is 3.73. The molecule has 0 aliphatic rings. The van der Waals surface area contributed by atoms with Gasteiger partial charge in [0.05, 0.1) is 19.3 Å². The first-order valence-electron chi connectivity index (χ1n) is 4.51. The van der Waals surface area contributed by atoms with E-state index in [4.69, 9.17) is 15.9 Å². The predicted molar refractivity (Wildman–Crippen MR) is 57.2 cm³/mol. The van der Waals surface area contributed by atoms with Crippen LogP contribution in [0.15, 0.2) is 18.2 Å². The van der Waals surface area contributed by atoms with Gasteiger partial charge in [0.15, 0.2) is 0 Å². The second-order valence-electron chi connectivity index (χ2n) is 3.28. The average molecular weight is 196 g/mol. The highest BCUT2D eigenvalue weighted by Crippen LogP contribution is 2.17. The zero-order valence-corrected chi connectivity index (χ0v) is 8.20. The van der Waals surface area contributed by atoms with Crippen LogP contribution >= 0.6 is 0 Å². The summed E-state index contributed by atoms with van der Waals surface area (Å²) in [6.45, 7) is 1.72. The largest absolute Gasteiger partial charge is 0.399 e. The van der Waals surface area contributed by atoms with Gasteiger partial charge < -0.3 is 21.3 Å². The molecule has 14 heavy (non-hydrogen) atoms. The Balaban J connectivity index is 2.72. The standard InChI is InChI=1S/C10H16N2O2/c1-7-4-8(2-3-10(7)11)12-9(5-13)6-14/h2-4,9,12-14H,5-6,11H2,1H3. The fraction of sp³-hybridized carbons (Fsp3) is 0.400. The lowest BCUT2D eigenvalue weighted by molar-refractivity contribution is 0.204. The summed E-state index contributed by atoms with van der Waals surface area (Å²) >= 11 is 0. The molecule has 0 saturated heterocycles. The molecule has 0 aromatic heterocycles. The number of aliphatic hydroxyl groups excluding tert-OH is 2. The highest BCUT2D eigenvalue weighted by Gasteiger charge is 2.05. The van der Waals surface area contributed by atoms with Crippen molar-refractivity contribution in [3.8, 4) is 0 Å². The maximum atomic E-state index is 8.86. The van der Waals surface area contributed by atoms with Crippen LogP contribution in [0.1, 0.15) is 5.56 Å². The molecule has 0 atom stereocenters. The molecule has 0 aliphatic heterocycles. The lowest BCUT2D eigenvalue weighted by Gasteiger charge is -2.15. The van der Waals surface area contributed by atoms with Crippen molar-refractivity contribution in [1.29, 1.82) is 0 Å². The van der Waals surface area contributed by atoms with Crippen LogP contribution in [-0.2, 0) is 0 Å². The van der Waals surface area contributed by atoms with E-state index in [2.05, 4.69) is 5.32 Å². The van der Waals surface area contributed by atoms with E-state index >= 15 is 0 Å². The van der Waals surface area contributed by atoms with Crippen molar-refractivity contribution >= 4 is 11.4 Å². The summed E-state index contributed by atoms with van der Waals surface area (Å²) in [7, 11) is 0. The summed E-state index contributed by atoms with van der Waals surface area (Å²) in [5.74, 6) is 0. The van der Waals surface area contributed by atoms with Crippen LogP contribution in [0.4, 0.5) is 11.4 Å². The number of hydrogen-bond acceptors (Lipinski definition) is 4. The molecular formula is C10H16N2O2. The van der Waals surface area contributed by atoms with Crippen LogP contribution in [0.3, 0.4) is 0 Å². The van der Waals surface area contributed by atoms with E-state index in [1.165, 1.54) is 0 Å². The van der Waals surface area contributed by atoms with E-state index in [1.807, 2.05) is 19.1 Å². The van der Waals surface area contributed by atoms with Crippen molar-refractivity contribution in [2.24, 2.45) is 0 Å². The fourth-order valence-electron chi connectivity index (χ4n) is 1.15. The molecule has 5 N–H and O–H groups in total. The highest BCUT2D eigenvalue weighted by molar-refractivity contribution is 5.57. The second-order valence-corrected chi connectivity index (χ2v) is 3.28. The maximum absolute atomic E-state index is 8.86. The zero-order chi connectivity index (χ0) is 10.6. The van der Waals surface area contributed by atoms with Gasteiger partial charge in [-0.15, -0.1) is 0 Å². The van der Waals surface area contributed by atoms with Gasteiger partial charge in [-0.2, -0.15) is 0 Å². The monoisotopic (exact) mass is 196 g/mol. The number of nitrogens with two attached hydrogens (primary N) is 1. The van der Waals surface area contributed by atoms with Crippen molar-refractivity contribution < 1.29 is 10.2 Å². The number of hydrogen-bond donors (Lipinski definition) is 4. The molecule has 0 spiro atoms. The summed E-state index contributed by atoms with van der Waals surface area (Å²) in [5, 5.41) is 20.7. The van der Waals surface area contributed by atoms with Crippen LogP contribution in [0.25, 0.3) is 0 Å². The van der Waals surface area contributed by atoms with Crippen molar-refractivity contribution in [2.75, 3.05) is 24.3 Å². The minimum atomic E-state index is -0.321. The van der Waals surface area contributed by atoms with Crippen molar-refractivity contribution in [3.05, 3.63) is 23.8 Å². The van der Waals surface area contributed by atoms with Gasteiger partial charge in [-0.3, -0.25) is 0 Å². The lowest BCUT2D eigenvalue weighted by atomic mass is 10.1. The molecule has 78 valence electrons. The minimum Gasteiger partial charge on any atom is -0.399 e. The van der Waals surface area contributed by atoms with Gasteiger partial charge in [0.2, 0.25) is 0 Å². The van der Waals surface area contributed by atoms with Crippen LogP contribution in [-0.4, -0.2) is 29.5 Å². The van der Waals surface area contributed by atoms with Crippen LogP contribution < -0.4 is 11.1 Å². The van der Waals surface area contributed by atoms with Gasteiger partial charge in [0, 0.05) is 11.4 Å². The molecule has 0 fully saturated rings. The number of rotatable bonds is 4. The molecule has 0 amide bonds. The molecule has 0 bridgehead atoms. The Bertz CT molecular complexity index is 298. The maximum Gasteiger partial charge on any atom is 0.0723 e. The first-order chi connectivity index (χ1) is 6.67. The number of aliphatic hydroxyl groups is 2. The molecule has 1 aromatic carbocycles. The number of nitrogen functional groups attached to an aromatic ring is 1. The molecule has 1 rings (SSSR count). The molecule has 0 heterocycles. The summed E-state index contributed by atoms with van der Waals surface area (Å²) < 4.78 is 0. The number of nitrogens with one attached hydrogen (secondary N) is 1. The minimum absolute atomic E-state index is 0.0973. The lowest BCUT2D eigenvalue weighted by Crippen LogP contribution is -2.27. The van der Waals surface area contributed by atoms with E-state index in [0.717, 1.165) is 16.9 Å². The molecule has 4 nitrogen and oxygen atoms in total. The van der Waals surface area contributed by atoms with Gasteiger partial charge in [-0.05, 0) is 30.7 Å². The summed E-state index contributed by atoms with van der Waals surface area (Å²) in [6, 6.07) is 5.18. The molecule has 0 unspecified atom stereocenters. The third-order valence-corrected chi connectivity index (χ3v) is 2.08. The van der Waals surface area contributed by atoms with Gasteiger partial charge in [-0.25, -0.2) is 0 Å². The number of anilines is 2. The Morgan fingerprint density at radius 1 is 1.36 bits per heavy atom. The van der Waals surface area contributed by atoms with E-state index in [-0.39, 0.29) is 19.3 Å². The van der Waals surface area contributed by atoms with Crippen LogP contribution in [0, 0.1) is 6.92 Å². The average Bonchev–Trinajstić information content (AvgIpc) is 2.19. The van der Waals surface area contributed by atoms with E-state index in [1.54, 1.807) is 6.07 Å². The third-order valence-electron chi connectivity index (χ3n) is 2.08. The summed E-state index contributed by atoms with van der Waals surface area (Å²) in [4.78, 5) is 0. The van der Waals surface area contributed by atoms with Gasteiger partial charge in [0.25, 0.3) is 0 Å². The SMILES string of the molecule is Cc1cc(NC(CO)CO)ccc1N.